The minimum Gasteiger partial charge on any atom is -0.478 e. The van der Waals surface area contributed by atoms with Gasteiger partial charge in [0.2, 0.25) is 0 Å². The summed E-state index contributed by atoms with van der Waals surface area (Å²) in [5.74, 6) is -0.886. The lowest BCUT2D eigenvalue weighted by atomic mass is 10.1. The Hall–Kier alpha value is -0.870. The van der Waals surface area contributed by atoms with Crippen LogP contribution in [0.2, 0.25) is 0 Å². The molecule has 4 heteroatoms. The fourth-order valence-corrected chi connectivity index (χ4v) is 1.59. The maximum absolute atomic E-state index is 10.9. The van der Waals surface area contributed by atoms with Crippen molar-refractivity contribution in [1.82, 2.24) is 4.90 Å². The molecule has 0 aliphatic carbocycles. The predicted molar refractivity (Wildman–Crippen MR) is 58.5 cm³/mol. The first kappa shape index (κ1) is 11.2. The van der Waals surface area contributed by atoms with Crippen molar-refractivity contribution in [1.29, 1.82) is 0 Å². The van der Waals surface area contributed by atoms with Gasteiger partial charge in [-0.05, 0) is 31.8 Å². The van der Waals surface area contributed by atoms with Crippen LogP contribution in [0, 0.1) is 0 Å². The molecule has 76 valence electrons. The van der Waals surface area contributed by atoms with Gasteiger partial charge >= 0.3 is 5.97 Å². The molecule has 1 aromatic rings. The average molecular weight is 258 g/mol. The zero-order chi connectivity index (χ0) is 10.7. The second kappa shape index (κ2) is 4.57. The van der Waals surface area contributed by atoms with Gasteiger partial charge in [0.05, 0.1) is 5.56 Å². The number of nitrogens with zero attached hydrogens (tertiary/aromatic N) is 1. The Kier molecular flexibility index (Phi) is 3.66. The minimum absolute atomic E-state index is 0.355. The van der Waals surface area contributed by atoms with E-state index in [2.05, 4.69) is 15.9 Å². The van der Waals surface area contributed by atoms with Crippen molar-refractivity contribution in [2.75, 3.05) is 14.1 Å². The second-order valence-electron chi connectivity index (χ2n) is 3.34. The second-order valence-corrected chi connectivity index (χ2v) is 4.26. The van der Waals surface area contributed by atoms with Gasteiger partial charge in [-0.25, -0.2) is 4.79 Å². The molecule has 0 aromatic heterocycles. The third-order valence-corrected chi connectivity index (χ3v) is 2.28. The van der Waals surface area contributed by atoms with Crippen molar-refractivity contribution in [3.8, 4) is 0 Å². The van der Waals surface area contributed by atoms with Gasteiger partial charge < -0.3 is 10.0 Å². The third-order valence-electron chi connectivity index (χ3n) is 1.79. The van der Waals surface area contributed by atoms with Crippen LogP contribution in [0.4, 0.5) is 0 Å². The quantitative estimate of drug-likeness (QED) is 0.903. The van der Waals surface area contributed by atoms with Crippen molar-refractivity contribution in [3.05, 3.63) is 33.8 Å². The van der Waals surface area contributed by atoms with Crippen LogP contribution < -0.4 is 0 Å². The van der Waals surface area contributed by atoms with E-state index in [4.69, 9.17) is 5.11 Å². The minimum atomic E-state index is -0.886. The van der Waals surface area contributed by atoms with E-state index in [1.165, 1.54) is 0 Å². The molecule has 1 rings (SSSR count). The molecular weight excluding hydrogens is 246 g/mol. The summed E-state index contributed by atoms with van der Waals surface area (Å²) in [6, 6.07) is 5.31. The van der Waals surface area contributed by atoms with E-state index in [-0.39, 0.29) is 0 Å². The van der Waals surface area contributed by atoms with E-state index in [1.54, 1.807) is 6.07 Å². The zero-order valence-corrected chi connectivity index (χ0v) is 9.71. The van der Waals surface area contributed by atoms with Crippen molar-refractivity contribution in [2.24, 2.45) is 0 Å². The zero-order valence-electron chi connectivity index (χ0n) is 8.12. The summed E-state index contributed by atoms with van der Waals surface area (Å²) in [4.78, 5) is 12.9. The van der Waals surface area contributed by atoms with E-state index in [0.29, 0.717) is 12.1 Å². The van der Waals surface area contributed by atoms with Gasteiger partial charge in [-0.3, -0.25) is 0 Å². The van der Waals surface area contributed by atoms with Gasteiger partial charge in [0, 0.05) is 11.0 Å². The van der Waals surface area contributed by atoms with Gasteiger partial charge in [0.25, 0.3) is 0 Å². The summed E-state index contributed by atoms with van der Waals surface area (Å²) in [7, 11) is 3.82. The Balaban J connectivity index is 3.08. The molecule has 0 spiro atoms. The van der Waals surface area contributed by atoms with Crippen LogP contribution in [-0.4, -0.2) is 30.1 Å². The molecule has 1 aromatic carbocycles. The number of carboxylic acids is 1. The molecule has 0 atom stereocenters. The van der Waals surface area contributed by atoms with Gasteiger partial charge in [-0.2, -0.15) is 0 Å². The van der Waals surface area contributed by atoms with Crippen LogP contribution in [0.25, 0.3) is 0 Å². The Labute approximate surface area is 91.5 Å². The highest BCUT2D eigenvalue weighted by Crippen LogP contribution is 2.17. The summed E-state index contributed by atoms with van der Waals surface area (Å²) in [6.45, 7) is 0.634. The maximum Gasteiger partial charge on any atom is 0.336 e. The number of carbonyl (C=O) groups is 1. The number of hydrogen-bond acceptors (Lipinski definition) is 2. The molecule has 0 fully saturated rings. The van der Waals surface area contributed by atoms with Crippen LogP contribution in [0.1, 0.15) is 15.9 Å². The van der Waals surface area contributed by atoms with Crippen LogP contribution >= 0.6 is 15.9 Å². The summed E-state index contributed by atoms with van der Waals surface area (Å²) < 4.78 is 0.789. The lowest BCUT2D eigenvalue weighted by Gasteiger charge is -2.12. The molecule has 0 bridgehead atoms. The van der Waals surface area contributed by atoms with E-state index in [1.807, 2.05) is 31.1 Å². The Morgan fingerprint density at radius 3 is 2.64 bits per heavy atom. The van der Waals surface area contributed by atoms with Crippen molar-refractivity contribution in [3.63, 3.8) is 0 Å². The van der Waals surface area contributed by atoms with Crippen molar-refractivity contribution < 1.29 is 9.90 Å². The smallest absolute Gasteiger partial charge is 0.336 e. The number of carboxylic acid groups (broad SMARTS) is 1. The fourth-order valence-electron chi connectivity index (χ4n) is 1.23. The summed E-state index contributed by atoms with van der Waals surface area (Å²) in [5.41, 5.74) is 1.18. The highest BCUT2D eigenvalue weighted by molar-refractivity contribution is 9.10. The molecule has 1 N–H and O–H groups in total. The lowest BCUT2D eigenvalue weighted by Crippen LogP contribution is -2.14. The summed E-state index contributed by atoms with van der Waals surface area (Å²) in [6.07, 6.45) is 0. The molecule has 3 nitrogen and oxygen atoms in total. The van der Waals surface area contributed by atoms with Crippen LogP contribution in [0.15, 0.2) is 22.7 Å². The molecule has 0 unspecified atom stereocenters. The predicted octanol–water partition coefficient (Wildman–Crippen LogP) is 2.21. The van der Waals surface area contributed by atoms with Gasteiger partial charge in [-0.15, -0.1) is 0 Å². The van der Waals surface area contributed by atoms with Gasteiger partial charge in [0.15, 0.2) is 0 Å². The molecule has 0 aliphatic heterocycles. The van der Waals surface area contributed by atoms with E-state index >= 15 is 0 Å². The third kappa shape index (κ3) is 2.82. The molecule has 0 aliphatic rings. The Bertz CT molecular complexity index is 350. The number of aromatic carboxylic acids is 1. The number of rotatable bonds is 3. The molecule has 0 heterocycles. The van der Waals surface area contributed by atoms with E-state index < -0.39 is 5.97 Å². The highest BCUT2D eigenvalue weighted by Gasteiger charge is 2.10. The molecule has 0 saturated heterocycles. The molecule has 14 heavy (non-hydrogen) atoms. The summed E-state index contributed by atoms with van der Waals surface area (Å²) in [5, 5.41) is 8.96. The molecule has 0 radical (unpaired) electrons. The maximum atomic E-state index is 10.9. The van der Waals surface area contributed by atoms with Gasteiger partial charge in [-0.1, -0.05) is 22.0 Å². The Morgan fingerprint density at radius 1 is 1.50 bits per heavy atom. The van der Waals surface area contributed by atoms with Crippen LogP contribution in [0.5, 0.6) is 0 Å². The highest BCUT2D eigenvalue weighted by atomic mass is 79.9. The number of hydrogen-bond donors (Lipinski definition) is 1. The number of benzene rings is 1. The molecule has 0 amide bonds. The van der Waals surface area contributed by atoms with Crippen LogP contribution in [-0.2, 0) is 6.54 Å². The first-order chi connectivity index (χ1) is 6.50. The monoisotopic (exact) mass is 257 g/mol. The van der Waals surface area contributed by atoms with Gasteiger partial charge in [0.1, 0.15) is 0 Å². The standard InChI is InChI=1S/C10H12BrNO2/c1-12(2)6-7-3-4-8(11)5-9(7)10(13)14/h3-5H,6H2,1-2H3,(H,13,14). The lowest BCUT2D eigenvalue weighted by molar-refractivity contribution is 0.0695. The largest absolute Gasteiger partial charge is 0.478 e. The van der Waals surface area contributed by atoms with Crippen molar-refractivity contribution >= 4 is 21.9 Å². The average Bonchev–Trinajstić information content (AvgIpc) is 2.07. The first-order valence-electron chi connectivity index (χ1n) is 4.17. The fraction of sp³-hybridized carbons (Fsp3) is 0.300. The first-order valence-corrected chi connectivity index (χ1v) is 4.96. The normalized spacial score (nSPS) is 10.6. The van der Waals surface area contributed by atoms with Crippen LogP contribution in [0.3, 0.4) is 0 Å². The summed E-state index contributed by atoms with van der Waals surface area (Å²) >= 11 is 3.25. The van der Waals surface area contributed by atoms with E-state index in [9.17, 15) is 4.79 Å². The molecule has 0 saturated carbocycles. The Morgan fingerprint density at radius 2 is 2.14 bits per heavy atom. The topological polar surface area (TPSA) is 40.5 Å². The molecular formula is C10H12BrNO2. The number of halogens is 1. The SMILES string of the molecule is CN(C)Cc1ccc(Br)cc1C(=O)O. The van der Waals surface area contributed by atoms with E-state index in [0.717, 1.165) is 10.0 Å². The van der Waals surface area contributed by atoms with Crippen molar-refractivity contribution in [2.45, 2.75) is 6.54 Å².